The molecule has 0 saturated heterocycles. The molecule has 3 heteroatoms. The second-order valence-electron chi connectivity index (χ2n) is 5.59. The third-order valence-corrected chi connectivity index (χ3v) is 3.73. The van der Waals surface area contributed by atoms with Gasteiger partial charge in [0.1, 0.15) is 5.75 Å². The lowest BCUT2D eigenvalue weighted by molar-refractivity contribution is 0.200. The molecule has 0 spiro atoms. The highest BCUT2D eigenvalue weighted by atomic mass is 16.5. The number of rotatable bonds is 8. The Kier molecular flexibility index (Phi) is 6.75. The molecule has 0 heterocycles. The van der Waals surface area contributed by atoms with Gasteiger partial charge in [-0.3, -0.25) is 0 Å². The van der Waals surface area contributed by atoms with Crippen LogP contribution in [0.3, 0.4) is 0 Å². The molecule has 0 bridgehead atoms. The van der Waals surface area contributed by atoms with Crippen LogP contribution in [-0.4, -0.2) is 12.6 Å². The molecule has 3 nitrogen and oxygen atoms in total. The molecular formula is C19H25NO2. The minimum Gasteiger partial charge on any atom is -0.410 e. The number of ether oxygens (including phenoxy) is 1. The maximum Gasteiger partial charge on any atom is 0.412 e. The molecule has 0 fully saturated rings. The van der Waals surface area contributed by atoms with Crippen molar-refractivity contribution in [2.75, 3.05) is 6.54 Å². The van der Waals surface area contributed by atoms with Gasteiger partial charge in [0.15, 0.2) is 0 Å². The number of hydrogen-bond acceptors (Lipinski definition) is 2. The molecule has 1 amide bonds. The van der Waals surface area contributed by atoms with Crippen molar-refractivity contribution in [2.24, 2.45) is 0 Å². The van der Waals surface area contributed by atoms with Gasteiger partial charge in [-0.25, -0.2) is 4.79 Å². The van der Waals surface area contributed by atoms with Gasteiger partial charge in [-0.2, -0.15) is 0 Å². The van der Waals surface area contributed by atoms with Crippen LogP contribution in [0.2, 0.25) is 0 Å². The lowest BCUT2D eigenvalue weighted by atomic mass is 10.1. The fraction of sp³-hybridized carbons (Fsp3) is 0.421. The number of unbranched alkanes of at least 4 members (excludes halogenated alkanes) is 5. The van der Waals surface area contributed by atoms with Crippen molar-refractivity contribution in [3.63, 3.8) is 0 Å². The second-order valence-corrected chi connectivity index (χ2v) is 5.59. The first-order valence-corrected chi connectivity index (χ1v) is 8.24. The van der Waals surface area contributed by atoms with Gasteiger partial charge in [0.25, 0.3) is 0 Å². The van der Waals surface area contributed by atoms with E-state index in [-0.39, 0.29) is 6.09 Å². The van der Waals surface area contributed by atoms with Crippen LogP contribution < -0.4 is 10.1 Å². The molecule has 0 atom stereocenters. The third kappa shape index (κ3) is 5.40. The predicted molar refractivity (Wildman–Crippen MR) is 91.4 cm³/mol. The molecule has 0 aromatic heterocycles. The van der Waals surface area contributed by atoms with Crippen molar-refractivity contribution in [1.82, 2.24) is 5.32 Å². The second kappa shape index (κ2) is 9.08. The lowest BCUT2D eigenvalue weighted by Crippen LogP contribution is -2.27. The summed E-state index contributed by atoms with van der Waals surface area (Å²) in [7, 11) is 0. The Hall–Kier alpha value is -2.03. The summed E-state index contributed by atoms with van der Waals surface area (Å²) in [6, 6.07) is 13.7. The summed E-state index contributed by atoms with van der Waals surface area (Å²) in [4.78, 5) is 11.8. The van der Waals surface area contributed by atoms with E-state index in [1.54, 1.807) is 0 Å². The molecular weight excluding hydrogens is 274 g/mol. The van der Waals surface area contributed by atoms with Crippen molar-refractivity contribution >= 4 is 16.9 Å². The van der Waals surface area contributed by atoms with Crippen LogP contribution in [0.4, 0.5) is 4.79 Å². The quantitative estimate of drug-likeness (QED) is 0.673. The zero-order chi connectivity index (χ0) is 15.6. The molecule has 22 heavy (non-hydrogen) atoms. The summed E-state index contributed by atoms with van der Waals surface area (Å²) in [5.41, 5.74) is 0. The number of benzene rings is 2. The number of fused-ring (bicyclic) bond motifs is 1. The van der Waals surface area contributed by atoms with Gasteiger partial charge < -0.3 is 10.1 Å². The Bertz CT molecular complexity index is 595. The van der Waals surface area contributed by atoms with Crippen LogP contribution in [0.15, 0.2) is 42.5 Å². The average Bonchev–Trinajstić information content (AvgIpc) is 2.54. The summed E-state index contributed by atoms with van der Waals surface area (Å²) >= 11 is 0. The van der Waals surface area contributed by atoms with Gasteiger partial charge in [-0.15, -0.1) is 0 Å². The molecule has 2 rings (SSSR count). The molecule has 2 aromatic carbocycles. The summed E-state index contributed by atoms with van der Waals surface area (Å²) in [5.74, 6) is 0.583. The zero-order valence-corrected chi connectivity index (χ0v) is 13.3. The predicted octanol–water partition coefficient (Wildman–Crippen LogP) is 5.29. The summed E-state index contributed by atoms with van der Waals surface area (Å²) in [6.45, 7) is 2.89. The van der Waals surface area contributed by atoms with Crippen LogP contribution in [0.1, 0.15) is 45.4 Å². The zero-order valence-electron chi connectivity index (χ0n) is 13.3. The van der Waals surface area contributed by atoms with Crippen LogP contribution in [0, 0.1) is 0 Å². The first-order valence-electron chi connectivity index (χ1n) is 8.24. The Morgan fingerprint density at radius 1 is 0.955 bits per heavy atom. The normalized spacial score (nSPS) is 10.6. The van der Waals surface area contributed by atoms with E-state index in [1.165, 1.54) is 25.7 Å². The highest BCUT2D eigenvalue weighted by Gasteiger charge is 2.04. The van der Waals surface area contributed by atoms with Crippen LogP contribution in [-0.2, 0) is 0 Å². The van der Waals surface area contributed by atoms with E-state index >= 15 is 0 Å². The number of hydrogen-bond donors (Lipinski definition) is 1. The van der Waals surface area contributed by atoms with E-state index in [2.05, 4.69) is 12.2 Å². The first-order chi connectivity index (χ1) is 10.8. The van der Waals surface area contributed by atoms with Gasteiger partial charge >= 0.3 is 6.09 Å². The molecule has 0 saturated carbocycles. The summed E-state index contributed by atoms with van der Waals surface area (Å²) in [6.07, 6.45) is 6.90. The third-order valence-electron chi connectivity index (χ3n) is 3.73. The SMILES string of the molecule is CCCCCCCCNC(=O)Oc1ccc2ccccc2c1. The fourth-order valence-electron chi connectivity index (χ4n) is 2.47. The van der Waals surface area contributed by atoms with Gasteiger partial charge in [0, 0.05) is 6.54 Å². The van der Waals surface area contributed by atoms with Gasteiger partial charge in [0.05, 0.1) is 0 Å². The molecule has 0 aliphatic carbocycles. The van der Waals surface area contributed by atoms with Gasteiger partial charge in [-0.05, 0) is 29.3 Å². The molecule has 0 aliphatic heterocycles. The monoisotopic (exact) mass is 299 g/mol. The largest absolute Gasteiger partial charge is 0.412 e. The Morgan fingerprint density at radius 2 is 1.68 bits per heavy atom. The van der Waals surface area contributed by atoms with Gasteiger partial charge in [0.2, 0.25) is 0 Å². The first kappa shape index (κ1) is 16.3. The summed E-state index contributed by atoms with van der Waals surface area (Å²) < 4.78 is 5.32. The highest BCUT2D eigenvalue weighted by Crippen LogP contribution is 2.20. The summed E-state index contributed by atoms with van der Waals surface area (Å²) in [5, 5.41) is 5.02. The smallest absolute Gasteiger partial charge is 0.410 e. The van der Waals surface area contributed by atoms with Crippen molar-refractivity contribution in [3.05, 3.63) is 42.5 Å². The molecule has 1 N–H and O–H groups in total. The number of carbonyl (C=O) groups excluding carboxylic acids is 1. The Balaban J connectivity index is 1.69. The maximum absolute atomic E-state index is 11.8. The van der Waals surface area contributed by atoms with Crippen LogP contribution >= 0.6 is 0 Å². The minimum atomic E-state index is -0.371. The van der Waals surface area contributed by atoms with Crippen molar-refractivity contribution < 1.29 is 9.53 Å². The van der Waals surface area contributed by atoms with Crippen LogP contribution in [0.25, 0.3) is 10.8 Å². The van der Waals surface area contributed by atoms with E-state index in [9.17, 15) is 4.79 Å². The highest BCUT2D eigenvalue weighted by molar-refractivity contribution is 5.84. The molecule has 0 aliphatic rings. The molecule has 0 radical (unpaired) electrons. The van der Waals surface area contributed by atoms with Crippen molar-refractivity contribution in [3.8, 4) is 5.75 Å². The lowest BCUT2D eigenvalue weighted by Gasteiger charge is -2.07. The van der Waals surface area contributed by atoms with E-state index in [1.807, 2.05) is 42.5 Å². The van der Waals surface area contributed by atoms with Crippen molar-refractivity contribution in [2.45, 2.75) is 45.4 Å². The minimum absolute atomic E-state index is 0.371. The Morgan fingerprint density at radius 3 is 2.50 bits per heavy atom. The molecule has 118 valence electrons. The van der Waals surface area contributed by atoms with Crippen LogP contribution in [0.5, 0.6) is 5.75 Å². The molecule has 0 unspecified atom stereocenters. The van der Waals surface area contributed by atoms with E-state index < -0.39 is 0 Å². The topological polar surface area (TPSA) is 38.3 Å². The van der Waals surface area contributed by atoms with E-state index in [0.717, 1.165) is 23.6 Å². The maximum atomic E-state index is 11.8. The average molecular weight is 299 g/mol. The van der Waals surface area contributed by atoms with Crippen molar-refractivity contribution in [1.29, 1.82) is 0 Å². The number of carbonyl (C=O) groups is 1. The van der Waals surface area contributed by atoms with E-state index in [0.29, 0.717) is 12.3 Å². The van der Waals surface area contributed by atoms with Gasteiger partial charge in [-0.1, -0.05) is 69.4 Å². The Labute approximate surface area is 132 Å². The molecule has 2 aromatic rings. The number of amides is 1. The van der Waals surface area contributed by atoms with E-state index in [4.69, 9.17) is 4.74 Å². The number of nitrogens with one attached hydrogen (secondary N) is 1. The fourth-order valence-corrected chi connectivity index (χ4v) is 2.47. The standard InChI is InChI=1S/C19H25NO2/c1-2-3-4-5-6-9-14-20-19(21)22-18-13-12-16-10-7-8-11-17(16)15-18/h7-8,10-13,15H,2-6,9,14H2,1H3,(H,20,21).